The number of aromatic carboxylic acids is 1. The zero-order valence-electron chi connectivity index (χ0n) is 11.4. The Labute approximate surface area is 125 Å². The van der Waals surface area contributed by atoms with Crippen molar-refractivity contribution in [2.45, 2.75) is 19.9 Å². The molecule has 1 aromatic heterocycles. The molecule has 0 radical (unpaired) electrons. The highest BCUT2D eigenvalue weighted by Gasteiger charge is 2.26. The summed E-state index contributed by atoms with van der Waals surface area (Å²) in [5.74, 6) is -1.73. The van der Waals surface area contributed by atoms with Crippen LogP contribution in [0.4, 0.5) is 0 Å². The molecule has 0 atom stereocenters. The lowest BCUT2D eigenvalue weighted by Crippen LogP contribution is -2.20. The predicted octanol–water partition coefficient (Wildman–Crippen LogP) is 3.03. The SMILES string of the molecule is CC(C)n1ncc(C(=O)O)c1C(=O)Oc1ccc(Cl)cc1. The molecule has 6 nitrogen and oxygen atoms in total. The van der Waals surface area contributed by atoms with Gasteiger partial charge in [0, 0.05) is 11.1 Å². The van der Waals surface area contributed by atoms with Gasteiger partial charge in [0.2, 0.25) is 0 Å². The van der Waals surface area contributed by atoms with E-state index < -0.39 is 11.9 Å². The molecule has 0 amide bonds. The van der Waals surface area contributed by atoms with Crippen LogP contribution in [0.5, 0.6) is 5.75 Å². The molecule has 110 valence electrons. The van der Waals surface area contributed by atoms with Crippen molar-refractivity contribution in [3.63, 3.8) is 0 Å². The first-order valence-corrected chi connectivity index (χ1v) is 6.56. The van der Waals surface area contributed by atoms with Gasteiger partial charge in [0.05, 0.1) is 6.20 Å². The van der Waals surface area contributed by atoms with E-state index in [4.69, 9.17) is 21.4 Å². The number of carbonyl (C=O) groups excluding carboxylic acids is 1. The molecule has 0 unspecified atom stereocenters. The van der Waals surface area contributed by atoms with Crippen molar-refractivity contribution in [2.75, 3.05) is 0 Å². The van der Waals surface area contributed by atoms with Crippen LogP contribution in [0, 0.1) is 0 Å². The molecule has 1 aromatic carbocycles. The first kappa shape index (κ1) is 15.1. The molecule has 2 aromatic rings. The van der Waals surface area contributed by atoms with Crippen molar-refractivity contribution in [1.82, 2.24) is 9.78 Å². The molecule has 1 N–H and O–H groups in total. The second kappa shape index (κ2) is 5.97. The summed E-state index contributed by atoms with van der Waals surface area (Å²) in [5, 5.41) is 13.6. The molecule has 0 spiro atoms. The van der Waals surface area contributed by atoms with Crippen molar-refractivity contribution in [2.24, 2.45) is 0 Å². The van der Waals surface area contributed by atoms with Crippen molar-refractivity contribution in [3.05, 3.63) is 46.7 Å². The second-order valence-corrected chi connectivity index (χ2v) is 5.03. The minimum atomic E-state index is -1.23. The van der Waals surface area contributed by atoms with Gasteiger partial charge in [0.1, 0.15) is 11.3 Å². The van der Waals surface area contributed by atoms with E-state index in [1.165, 1.54) is 16.8 Å². The van der Waals surface area contributed by atoms with Crippen LogP contribution in [0.15, 0.2) is 30.5 Å². The van der Waals surface area contributed by atoms with E-state index in [0.29, 0.717) is 5.02 Å². The van der Waals surface area contributed by atoms with E-state index in [2.05, 4.69) is 5.10 Å². The number of carboxylic acid groups (broad SMARTS) is 1. The van der Waals surface area contributed by atoms with Crippen LogP contribution in [-0.2, 0) is 0 Å². The van der Waals surface area contributed by atoms with Crippen LogP contribution < -0.4 is 4.74 Å². The third-order valence-corrected chi connectivity index (χ3v) is 2.98. The molecule has 0 aliphatic rings. The molecule has 0 bridgehead atoms. The van der Waals surface area contributed by atoms with Gasteiger partial charge in [-0.1, -0.05) is 11.6 Å². The number of carbonyl (C=O) groups is 2. The number of ether oxygens (including phenoxy) is 1. The van der Waals surface area contributed by atoms with Crippen molar-refractivity contribution >= 4 is 23.5 Å². The van der Waals surface area contributed by atoms with Crippen LogP contribution in [0.3, 0.4) is 0 Å². The fourth-order valence-corrected chi connectivity index (χ4v) is 1.90. The van der Waals surface area contributed by atoms with Crippen molar-refractivity contribution < 1.29 is 19.4 Å². The minimum absolute atomic E-state index is 0.0903. The highest BCUT2D eigenvalue weighted by molar-refractivity contribution is 6.30. The zero-order chi connectivity index (χ0) is 15.6. The van der Waals surface area contributed by atoms with Crippen molar-refractivity contribution in [1.29, 1.82) is 0 Å². The zero-order valence-corrected chi connectivity index (χ0v) is 12.2. The van der Waals surface area contributed by atoms with Crippen LogP contribution in [0.1, 0.15) is 40.7 Å². The van der Waals surface area contributed by atoms with Gasteiger partial charge in [-0.15, -0.1) is 0 Å². The highest BCUT2D eigenvalue weighted by atomic mass is 35.5. The van der Waals surface area contributed by atoms with E-state index in [1.807, 2.05) is 0 Å². The number of nitrogens with zero attached hydrogens (tertiary/aromatic N) is 2. The summed E-state index contributed by atoms with van der Waals surface area (Å²) in [6, 6.07) is 6.02. The number of hydrogen-bond donors (Lipinski definition) is 1. The van der Waals surface area contributed by atoms with Crippen LogP contribution in [0.2, 0.25) is 5.02 Å². The van der Waals surface area contributed by atoms with E-state index in [9.17, 15) is 9.59 Å². The van der Waals surface area contributed by atoms with Crippen LogP contribution in [0.25, 0.3) is 0 Å². The maximum atomic E-state index is 12.2. The monoisotopic (exact) mass is 308 g/mol. The van der Waals surface area contributed by atoms with Gasteiger partial charge in [-0.05, 0) is 38.1 Å². The largest absolute Gasteiger partial charge is 0.478 e. The Balaban J connectivity index is 2.35. The first-order valence-electron chi connectivity index (χ1n) is 6.18. The van der Waals surface area contributed by atoms with Crippen molar-refractivity contribution in [3.8, 4) is 5.75 Å². The number of rotatable bonds is 4. The van der Waals surface area contributed by atoms with Crippen LogP contribution in [-0.4, -0.2) is 26.8 Å². The molecule has 21 heavy (non-hydrogen) atoms. The van der Waals surface area contributed by atoms with E-state index in [1.54, 1.807) is 26.0 Å². The number of aromatic nitrogens is 2. The molecule has 0 fully saturated rings. The summed E-state index contributed by atoms with van der Waals surface area (Å²) in [7, 11) is 0. The maximum absolute atomic E-state index is 12.2. The average molecular weight is 309 g/mol. The van der Waals surface area contributed by atoms with Gasteiger partial charge in [0.15, 0.2) is 5.69 Å². The highest BCUT2D eigenvalue weighted by Crippen LogP contribution is 2.20. The minimum Gasteiger partial charge on any atom is -0.478 e. The molecule has 2 rings (SSSR count). The summed E-state index contributed by atoms with van der Waals surface area (Å²) < 4.78 is 6.49. The molecule has 0 aliphatic carbocycles. The number of esters is 1. The molecule has 7 heteroatoms. The number of hydrogen-bond acceptors (Lipinski definition) is 4. The van der Waals surface area contributed by atoms with Gasteiger partial charge in [0.25, 0.3) is 0 Å². The number of benzene rings is 1. The maximum Gasteiger partial charge on any atom is 0.362 e. The van der Waals surface area contributed by atoms with E-state index in [0.717, 1.165) is 6.20 Å². The summed E-state index contributed by atoms with van der Waals surface area (Å²) in [4.78, 5) is 23.4. The fraction of sp³-hybridized carbons (Fsp3) is 0.214. The lowest BCUT2D eigenvalue weighted by Gasteiger charge is -2.11. The topological polar surface area (TPSA) is 81.4 Å². The van der Waals surface area contributed by atoms with Gasteiger partial charge in [-0.25, -0.2) is 9.59 Å². The Morgan fingerprint density at radius 1 is 1.29 bits per heavy atom. The Morgan fingerprint density at radius 2 is 1.90 bits per heavy atom. The molecule has 0 aliphatic heterocycles. The van der Waals surface area contributed by atoms with Gasteiger partial charge in [-0.3, -0.25) is 4.68 Å². The third kappa shape index (κ3) is 3.22. The van der Waals surface area contributed by atoms with Crippen LogP contribution >= 0.6 is 11.6 Å². The number of carboxylic acids is 1. The lowest BCUT2D eigenvalue weighted by atomic mass is 10.2. The summed E-state index contributed by atoms with van der Waals surface area (Å²) >= 11 is 5.75. The second-order valence-electron chi connectivity index (χ2n) is 4.59. The Kier molecular flexibility index (Phi) is 4.28. The summed E-state index contributed by atoms with van der Waals surface area (Å²) in [6.45, 7) is 3.58. The smallest absolute Gasteiger partial charge is 0.362 e. The van der Waals surface area contributed by atoms with Gasteiger partial charge >= 0.3 is 11.9 Å². The third-order valence-electron chi connectivity index (χ3n) is 2.73. The average Bonchev–Trinajstić information content (AvgIpc) is 2.86. The predicted molar refractivity (Wildman–Crippen MR) is 76.0 cm³/mol. The molecular weight excluding hydrogens is 296 g/mol. The molecular formula is C14H13ClN2O4. The molecule has 1 heterocycles. The lowest BCUT2D eigenvalue weighted by molar-refractivity contribution is 0.0661. The standard InChI is InChI=1S/C14H13ClN2O4/c1-8(2)17-12(11(7-16-17)13(18)19)14(20)21-10-5-3-9(15)4-6-10/h3-8H,1-2H3,(H,18,19). The van der Waals surface area contributed by atoms with Gasteiger partial charge < -0.3 is 9.84 Å². The quantitative estimate of drug-likeness (QED) is 0.693. The van der Waals surface area contributed by atoms with Gasteiger partial charge in [-0.2, -0.15) is 5.10 Å². The van der Waals surface area contributed by atoms with E-state index >= 15 is 0 Å². The molecule has 0 saturated carbocycles. The Bertz CT molecular complexity index is 677. The summed E-state index contributed by atoms with van der Waals surface area (Å²) in [6.07, 6.45) is 1.14. The molecule has 0 saturated heterocycles. The summed E-state index contributed by atoms with van der Waals surface area (Å²) in [5.41, 5.74) is -0.282. The first-order chi connectivity index (χ1) is 9.90. The Hall–Kier alpha value is -2.34. The van der Waals surface area contributed by atoms with E-state index in [-0.39, 0.29) is 23.0 Å². The normalized spacial score (nSPS) is 10.7. The fourth-order valence-electron chi connectivity index (χ4n) is 1.77. The Morgan fingerprint density at radius 3 is 2.43 bits per heavy atom. The number of halogens is 1.